The van der Waals surface area contributed by atoms with Gasteiger partial charge in [0.25, 0.3) is 0 Å². The molecule has 0 aliphatic rings. The Morgan fingerprint density at radius 2 is 1.39 bits per heavy atom. The highest BCUT2D eigenvalue weighted by molar-refractivity contribution is 5.72. The molecule has 0 bridgehead atoms. The van der Waals surface area contributed by atoms with Gasteiger partial charge in [-0.1, -0.05) is 6.58 Å². The molecule has 0 saturated heterocycles. The average molecular weight is 266 g/mol. The van der Waals surface area contributed by atoms with E-state index in [1.807, 2.05) is 0 Å². The van der Waals surface area contributed by atoms with Crippen molar-refractivity contribution in [2.45, 2.75) is 13.8 Å². The van der Waals surface area contributed by atoms with Gasteiger partial charge in [0.15, 0.2) is 11.6 Å². The minimum atomic E-state index is -2.93. The van der Waals surface area contributed by atoms with E-state index in [9.17, 15) is 26.3 Å². The van der Waals surface area contributed by atoms with Gasteiger partial charge in [-0.3, -0.25) is 0 Å². The van der Waals surface area contributed by atoms with Crippen LogP contribution in [0.2, 0.25) is 0 Å². The van der Waals surface area contributed by atoms with Crippen molar-refractivity contribution in [1.82, 2.24) is 0 Å². The molecule has 98 valence electrons. The maximum absolute atomic E-state index is 13.8. The summed E-state index contributed by atoms with van der Waals surface area (Å²) in [5.74, 6) is -7.59. The molecule has 1 aromatic carbocycles. The zero-order chi connectivity index (χ0) is 14.2. The summed E-state index contributed by atoms with van der Waals surface area (Å²) in [6, 6.07) is 0. The zero-order valence-corrected chi connectivity index (χ0v) is 9.47. The average Bonchev–Trinajstić information content (AvgIpc) is 2.25. The Hall–Kier alpha value is -1.72. The van der Waals surface area contributed by atoms with Crippen LogP contribution < -0.4 is 0 Å². The smallest absolute Gasteiger partial charge is 0.205 e. The Balaban J connectivity index is 3.85. The molecule has 0 radical (unpaired) electrons. The van der Waals surface area contributed by atoms with E-state index in [-0.39, 0.29) is 5.57 Å². The van der Waals surface area contributed by atoms with E-state index in [1.54, 1.807) is 0 Å². The van der Waals surface area contributed by atoms with Crippen LogP contribution in [0.5, 0.6) is 0 Å². The van der Waals surface area contributed by atoms with Crippen LogP contribution in [0.3, 0.4) is 0 Å². The van der Waals surface area contributed by atoms with Gasteiger partial charge in [-0.05, 0) is 25.0 Å². The van der Waals surface area contributed by atoms with Crippen LogP contribution in [0.1, 0.15) is 23.6 Å². The standard InChI is InChI=1S/C12H8F6/c1-4(2)6-5(3)8(13)10(15)7(9(6)14)11(16)12(17)18/h1H2,2-3H3. The highest BCUT2D eigenvalue weighted by Gasteiger charge is 2.27. The summed E-state index contributed by atoms with van der Waals surface area (Å²) >= 11 is 0. The van der Waals surface area contributed by atoms with Crippen LogP contribution in [-0.2, 0) is 0 Å². The molecule has 18 heavy (non-hydrogen) atoms. The second kappa shape index (κ2) is 4.88. The fraction of sp³-hybridized carbons (Fsp3) is 0.167. The van der Waals surface area contributed by atoms with Gasteiger partial charge >= 0.3 is 6.08 Å². The summed E-state index contributed by atoms with van der Waals surface area (Å²) < 4.78 is 77.6. The molecule has 1 aromatic rings. The number of hydrogen-bond donors (Lipinski definition) is 0. The van der Waals surface area contributed by atoms with Crippen LogP contribution in [0, 0.1) is 24.4 Å². The molecule has 0 aliphatic carbocycles. The molecule has 0 aliphatic heterocycles. The molecule has 0 fully saturated rings. The van der Waals surface area contributed by atoms with E-state index < -0.39 is 46.0 Å². The molecule has 6 heteroatoms. The van der Waals surface area contributed by atoms with E-state index in [0.717, 1.165) is 6.92 Å². The first kappa shape index (κ1) is 14.3. The maximum atomic E-state index is 13.8. The monoisotopic (exact) mass is 266 g/mol. The molecule has 0 unspecified atom stereocenters. The van der Waals surface area contributed by atoms with Crippen molar-refractivity contribution in [3.63, 3.8) is 0 Å². The minimum absolute atomic E-state index is 0.0304. The van der Waals surface area contributed by atoms with Gasteiger partial charge in [0.05, 0.1) is 5.56 Å². The number of rotatable bonds is 2. The van der Waals surface area contributed by atoms with Crippen LogP contribution in [0.15, 0.2) is 12.7 Å². The first-order chi connectivity index (χ1) is 8.20. The highest BCUT2D eigenvalue weighted by atomic mass is 19.3. The van der Waals surface area contributed by atoms with Crippen molar-refractivity contribution in [2.24, 2.45) is 0 Å². The summed E-state index contributed by atoms with van der Waals surface area (Å²) in [4.78, 5) is 0. The Bertz CT molecular complexity index is 552. The summed E-state index contributed by atoms with van der Waals surface area (Å²) in [5.41, 5.74) is -2.71. The lowest BCUT2D eigenvalue weighted by atomic mass is 9.97. The third kappa shape index (κ3) is 2.14. The van der Waals surface area contributed by atoms with Gasteiger partial charge in [0, 0.05) is 5.56 Å². The largest absolute Gasteiger partial charge is 0.306 e. The van der Waals surface area contributed by atoms with E-state index in [1.165, 1.54) is 6.92 Å². The molecule has 0 amide bonds. The number of halogens is 6. The second-order valence-electron chi connectivity index (χ2n) is 3.67. The molecule has 0 atom stereocenters. The lowest BCUT2D eigenvalue weighted by Gasteiger charge is -2.12. The Morgan fingerprint density at radius 3 is 1.78 bits per heavy atom. The molecule has 0 aromatic heterocycles. The van der Waals surface area contributed by atoms with Crippen molar-refractivity contribution in [3.8, 4) is 0 Å². The number of benzene rings is 1. The third-order valence-electron chi connectivity index (χ3n) is 2.37. The lowest BCUT2D eigenvalue weighted by molar-refractivity contribution is 0.405. The topological polar surface area (TPSA) is 0 Å². The molecule has 0 heterocycles. The summed E-state index contributed by atoms with van der Waals surface area (Å²) in [6.45, 7) is 5.62. The fourth-order valence-corrected chi connectivity index (χ4v) is 1.56. The minimum Gasteiger partial charge on any atom is -0.205 e. The number of allylic oxidation sites excluding steroid dienone is 1. The first-order valence-electron chi connectivity index (χ1n) is 4.74. The SMILES string of the molecule is C=C(C)c1c(C)c(F)c(F)c(C(F)=C(F)F)c1F. The normalized spacial score (nSPS) is 10.4. The fourth-order valence-electron chi connectivity index (χ4n) is 1.56. The Morgan fingerprint density at radius 1 is 0.889 bits per heavy atom. The highest BCUT2D eigenvalue weighted by Crippen LogP contribution is 2.34. The molecule has 0 N–H and O–H groups in total. The molecule has 0 saturated carbocycles. The van der Waals surface area contributed by atoms with Crippen LogP contribution in [0.4, 0.5) is 26.3 Å². The summed E-state index contributed by atoms with van der Waals surface area (Å²) in [5, 5.41) is 0. The van der Waals surface area contributed by atoms with Crippen molar-refractivity contribution in [3.05, 3.63) is 46.8 Å². The molecule has 0 nitrogen and oxygen atoms in total. The van der Waals surface area contributed by atoms with E-state index in [0.29, 0.717) is 0 Å². The third-order valence-corrected chi connectivity index (χ3v) is 2.37. The van der Waals surface area contributed by atoms with E-state index >= 15 is 0 Å². The lowest BCUT2D eigenvalue weighted by Crippen LogP contribution is -2.05. The molecular formula is C12H8F6. The van der Waals surface area contributed by atoms with Gasteiger partial charge < -0.3 is 0 Å². The summed E-state index contributed by atoms with van der Waals surface area (Å²) in [6.07, 6.45) is -2.93. The van der Waals surface area contributed by atoms with Crippen molar-refractivity contribution in [2.75, 3.05) is 0 Å². The predicted molar refractivity (Wildman–Crippen MR) is 56.0 cm³/mol. The first-order valence-corrected chi connectivity index (χ1v) is 4.74. The van der Waals surface area contributed by atoms with Gasteiger partial charge in [-0.2, -0.15) is 8.78 Å². The van der Waals surface area contributed by atoms with Gasteiger partial charge in [-0.25, -0.2) is 17.6 Å². The predicted octanol–water partition coefficient (Wildman–Crippen LogP) is 4.98. The quantitative estimate of drug-likeness (QED) is 0.523. The van der Waals surface area contributed by atoms with Gasteiger partial charge in [0.1, 0.15) is 5.82 Å². The van der Waals surface area contributed by atoms with E-state index in [2.05, 4.69) is 6.58 Å². The van der Waals surface area contributed by atoms with Crippen molar-refractivity contribution < 1.29 is 26.3 Å². The van der Waals surface area contributed by atoms with Gasteiger partial charge in [0.2, 0.25) is 5.83 Å². The molecule has 0 spiro atoms. The summed E-state index contributed by atoms with van der Waals surface area (Å²) in [7, 11) is 0. The second-order valence-corrected chi connectivity index (χ2v) is 3.67. The van der Waals surface area contributed by atoms with Crippen LogP contribution in [0.25, 0.3) is 11.4 Å². The Kier molecular flexibility index (Phi) is 3.88. The van der Waals surface area contributed by atoms with Crippen molar-refractivity contribution >= 4 is 11.4 Å². The molecular weight excluding hydrogens is 258 g/mol. The van der Waals surface area contributed by atoms with E-state index in [4.69, 9.17) is 0 Å². The Labute approximate surface area is 99.2 Å². The zero-order valence-electron chi connectivity index (χ0n) is 9.47. The van der Waals surface area contributed by atoms with Crippen molar-refractivity contribution in [1.29, 1.82) is 0 Å². The number of hydrogen-bond acceptors (Lipinski definition) is 0. The maximum Gasteiger partial charge on any atom is 0.306 e. The van der Waals surface area contributed by atoms with Crippen LogP contribution in [-0.4, -0.2) is 0 Å². The van der Waals surface area contributed by atoms with Crippen LogP contribution >= 0.6 is 0 Å². The molecule has 1 rings (SSSR count). The van der Waals surface area contributed by atoms with Gasteiger partial charge in [-0.15, -0.1) is 0 Å².